The van der Waals surface area contributed by atoms with Gasteiger partial charge >= 0.3 is 5.69 Å². The molecule has 4 aromatic heterocycles. The van der Waals surface area contributed by atoms with Gasteiger partial charge < -0.3 is 10.5 Å². The Bertz CT molecular complexity index is 1580. The quantitative estimate of drug-likeness (QED) is 0.447. The number of nitrogen functional groups attached to an aromatic ring is 1. The molecule has 5 aromatic rings. The van der Waals surface area contributed by atoms with Gasteiger partial charge in [0.05, 0.1) is 40.7 Å². The van der Waals surface area contributed by atoms with Crippen LogP contribution in [0.3, 0.4) is 0 Å². The SMILES string of the molecule is CCn1cc(-n2c(=O)n(C)c3cnc4ccc(-c5cnc(N)c(COC)c5)cc4c32)c(C)n1. The third-order valence-corrected chi connectivity index (χ3v) is 6.00. The first-order valence-electron chi connectivity index (χ1n) is 10.7. The summed E-state index contributed by atoms with van der Waals surface area (Å²) in [5.41, 5.74) is 12.5. The van der Waals surface area contributed by atoms with E-state index in [0.717, 1.165) is 56.6 Å². The lowest BCUT2D eigenvalue weighted by Gasteiger charge is -2.10. The molecule has 0 saturated heterocycles. The molecule has 33 heavy (non-hydrogen) atoms. The maximum atomic E-state index is 13.3. The van der Waals surface area contributed by atoms with E-state index in [1.54, 1.807) is 35.7 Å². The van der Waals surface area contributed by atoms with E-state index < -0.39 is 0 Å². The van der Waals surface area contributed by atoms with E-state index >= 15 is 0 Å². The number of hydrogen-bond donors (Lipinski definition) is 1. The van der Waals surface area contributed by atoms with Crippen molar-refractivity contribution in [2.24, 2.45) is 7.05 Å². The number of imidazole rings is 1. The lowest BCUT2D eigenvalue weighted by atomic mass is 10.0. The molecular formula is C24H25N7O2. The number of ether oxygens (including phenoxy) is 1. The molecule has 9 nitrogen and oxygen atoms in total. The van der Waals surface area contributed by atoms with Crippen LogP contribution in [0, 0.1) is 6.92 Å². The highest BCUT2D eigenvalue weighted by Crippen LogP contribution is 2.31. The third-order valence-electron chi connectivity index (χ3n) is 6.00. The molecule has 0 radical (unpaired) electrons. The second-order valence-corrected chi connectivity index (χ2v) is 8.06. The molecule has 0 aliphatic heterocycles. The van der Waals surface area contributed by atoms with Crippen molar-refractivity contribution >= 4 is 27.8 Å². The van der Waals surface area contributed by atoms with Crippen LogP contribution in [0.1, 0.15) is 18.2 Å². The molecule has 9 heteroatoms. The van der Waals surface area contributed by atoms with E-state index in [0.29, 0.717) is 12.4 Å². The predicted molar refractivity (Wildman–Crippen MR) is 128 cm³/mol. The summed E-state index contributed by atoms with van der Waals surface area (Å²) in [4.78, 5) is 22.3. The molecule has 2 N–H and O–H groups in total. The Morgan fingerprint density at radius 2 is 1.94 bits per heavy atom. The summed E-state index contributed by atoms with van der Waals surface area (Å²) >= 11 is 0. The van der Waals surface area contributed by atoms with Crippen molar-refractivity contribution in [3.8, 4) is 16.8 Å². The average Bonchev–Trinajstić information content (AvgIpc) is 3.31. The molecule has 5 rings (SSSR count). The maximum Gasteiger partial charge on any atom is 0.333 e. The van der Waals surface area contributed by atoms with Crippen molar-refractivity contribution in [1.82, 2.24) is 28.9 Å². The van der Waals surface area contributed by atoms with Gasteiger partial charge in [0, 0.05) is 49.6 Å². The van der Waals surface area contributed by atoms with Gasteiger partial charge in [-0.1, -0.05) is 6.07 Å². The van der Waals surface area contributed by atoms with Crippen LogP contribution in [0.5, 0.6) is 0 Å². The topological polar surface area (TPSA) is 106 Å². The predicted octanol–water partition coefficient (Wildman–Crippen LogP) is 3.19. The number of methoxy groups -OCH3 is 1. The molecule has 0 fully saturated rings. The van der Waals surface area contributed by atoms with E-state index in [-0.39, 0.29) is 5.69 Å². The second kappa shape index (κ2) is 7.86. The number of aryl methyl sites for hydroxylation is 3. The molecule has 168 valence electrons. The molecule has 0 bridgehead atoms. The van der Waals surface area contributed by atoms with Gasteiger partial charge in [0.15, 0.2) is 0 Å². The number of anilines is 1. The van der Waals surface area contributed by atoms with Crippen molar-refractivity contribution in [2.75, 3.05) is 12.8 Å². The fourth-order valence-corrected chi connectivity index (χ4v) is 4.24. The molecule has 0 aliphatic rings. The van der Waals surface area contributed by atoms with Gasteiger partial charge in [-0.05, 0) is 37.6 Å². The zero-order valence-corrected chi connectivity index (χ0v) is 19.0. The normalized spacial score (nSPS) is 11.6. The smallest absolute Gasteiger partial charge is 0.333 e. The number of benzene rings is 1. The summed E-state index contributed by atoms with van der Waals surface area (Å²) in [5, 5.41) is 5.42. The Morgan fingerprint density at radius 1 is 1.12 bits per heavy atom. The largest absolute Gasteiger partial charge is 0.383 e. The first-order chi connectivity index (χ1) is 15.9. The van der Waals surface area contributed by atoms with Crippen molar-refractivity contribution in [3.63, 3.8) is 0 Å². The summed E-state index contributed by atoms with van der Waals surface area (Å²) in [6.45, 7) is 5.04. The van der Waals surface area contributed by atoms with Crippen LogP contribution in [0.2, 0.25) is 0 Å². The molecule has 0 atom stereocenters. The fraction of sp³-hybridized carbons (Fsp3) is 0.250. The van der Waals surface area contributed by atoms with Gasteiger partial charge in [-0.25, -0.2) is 9.78 Å². The Balaban J connectivity index is 1.81. The Kier molecular flexibility index (Phi) is 4.98. The van der Waals surface area contributed by atoms with E-state index in [1.807, 2.05) is 49.0 Å². The molecule has 4 heterocycles. The van der Waals surface area contributed by atoms with Gasteiger partial charge in [0.2, 0.25) is 0 Å². The van der Waals surface area contributed by atoms with Crippen LogP contribution in [0.25, 0.3) is 38.8 Å². The van der Waals surface area contributed by atoms with Gasteiger partial charge in [-0.2, -0.15) is 5.10 Å². The average molecular weight is 444 g/mol. The standard InChI is InChI=1S/C24H25N7O2/c1-5-30-12-21(14(2)28-30)31-22-18-9-15(16-8-17(13-33-4)23(25)27-10-16)6-7-19(18)26-11-20(22)29(3)24(31)32/h6-12H,5,13H2,1-4H3,(H2,25,27). The van der Waals surface area contributed by atoms with E-state index in [9.17, 15) is 4.79 Å². The van der Waals surface area contributed by atoms with E-state index in [4.69, 9.17) is 10.5 Å². The first kappa shape index (κ1) is 20.9. The van der Waals surface area contributed by atoms with Crippen LogP contribution >= 0.6 is 0 Å². The highest BCUT2D eigenvalue weighted by Gasteiger charge is 2.19. The lowest BCUT2D eigenvalue weighted by molar-refractivity contribution is 0.185. The monoisotopic (exact) mass is 443 g/mol. The van der Waals surface area contributed by atoms with Gasteiger partial charge in [0.1, 0.15) is 5.82 Å². The third kappa shape index (κ3) is 3.28. The number of aromatic nitrogens is 6. The van der Waals surface area contributed by atoms with Crippen molar-refractivity contribution in [3.05, 3.63) is 64.6 Å². The fourth-order valence-electron chi connectivity index (χ4n) is 4.24. The number of nitrogens with two attached hydrogens (primary N) is 1. The number of hydrogen-bond acceptors (Lipinski definition) is 6. The summed E-state index contributed by atoms with van der Waals surface area (Å²) < 4.78 is 10.4. The van der Waals surface area contributed by atoms with Crippen LogP contribution in [0.4, 0.5) is 5.82 Å². The number of fused-ring (bicyclic) bond motifs is 3. The van der Waals surface area contributed by atoms with E-state index in [1.165, 1.54) is 0 Å². The maximum absolute atomic E-state index is 13.3. The van der Waals surface area contributed by atoms with Crippen LogP contribution < -0.4 is 11.4 Å². The van der Waals surface area contributed by atoms with Gasteiger partial charge in [0.25, 0.3) is 0 Å². The van der Waals surface area contributed by atoms with Gasteiger partial charge in [-0.3, -0.25) is 18.8 Å². The molecule has 0 unspecified atom stereocenters. The van der Waals surface area contributed by atoms with Crippen molar-refractivity contribution < 1.29 is 4.74 Å². The first-order valence-corrected chi connectivity index (χ1v) is 10.7. The minimum Gasteiger partial charge on any atom is -0.383 e. The second-order valence-electron chi connectivity index (χ2n) is 8.06. The lowest BCUT2D eigenvalue weighted by Crippen LogP contribution is -2.21. The van der Waals surface area contributed by atoms with Gasteiger partial charge in [-0.15, -0.1) is 0 Å². The molecule has 1 aromatic carbocycles. The van der Waals surface area contributed by atoms with Crippen LogP contribution in [-0.2, 0) is 24.9 Å². The summed E-state index contributed by atoms with van der Waals surface area (Å²) in [7, 11) is 3.39. The molecule has 0 amide bonds. The highest BCUT2D eigenvalue weighted by atomic mass is 16.5. The number of rotatable bonds is 5. The Morgan fingerprint density at radius 3 is 2.67 bits per heavy atom. The van der Waals surface area contributed by atoms with Crippen molar-refractivity contribution in [2.45, 2.75) is 27.0 Å². The Hall–Kier alpha value is -3.98. The van der Waals surface area contributed by atoms with Crippen molar-refractivity contribution in [1.29, 1.82) is 0 Å². The summed E-state index contributed by atoms with van der Waals surface area (Å²) in [6, 6.07) is 7.98. The summed E-state index contributed by atoms with van der Waals surface area (Å²) in [6.07, 6.45) is 5.40. The zero-order valence-electron chi connectivity index (χ0n) is 19.0. The number of nitrogens with zero attached hydrogens (tertiary/aromatic N) is 6. The molecule has 0 saturated carbocycles. The Labute approximate surface area is 190 Å². The molecular weight excluding hydrogens is 418 g/mol. The van der Waals surface area contributed by atoms with Crippen LogP contribution in [-0.4, -0.2) is 36.0 Å². The van der Waals surface area contributed by atoms with Crippen LogP contribution in [0.15, 0.2) is 47.7 Å². The molecule has 0 spiro atoms. The highest BCUT2D eigenvalue weighted by molar-refractivity contribution is 6.04. The minimum absolute atomic E-state index is 0.139. The molecule has 0 aliphatic carbocycles. The van der Waals surface area contributed by atoms with E-state index in [2.05, 4.69) is 15.1 Å². The minimum atomic E-state index is -0.139. The number of pyridine rings is 2. The summed E-state index contributed by atoms with van der Waals surface area (Å²) in [5.74, 6) is 0.450. The zero-order chi connectivity index (χ0) is 23.3.